The number of para-hydroxylation sites is 3. The number of furan rings is 1. The molecule has 0 N–H and O–H groups in total. The molecule has 8 heteroatoms. The van der Waals surface area contributed by atoms with E-state index in [9.17, 15) is 0 Å². The molecule has 0 amide bonds. The molecule has 8 nitrogen and oxygen atoms in total. The highest BCUT2D eigenvalue weighted by molar-refractivity contribution is 5.99. The maximum atomic E-state index is 6.75. The Kier molecular flexibility index (Phi) is 7.13. The largest absolute Gasteiger partial charge is 0.459 e. The number of nitrogens with zero attached hydrogens (tertiary/aromatic N) is 5. The van der Waals surface area contributed by atoms with Crippen LogP contribution >= 0.6 is 0 Å². The minimum Gasteiger partial charge on any atom is -0.459 e. The molecule has 0 saturated carbocycles. The molecule has 4 heterocycles. The van der Waals surface area contributed by atoms with Gasteiger partial charge in [0.25, 0.3) is 0 Å². The fourth-order valence-corrected chi connectivity index (χ4v) is 7.44. The minimum absolute atomic E-state index is 0.115. The molecule has 10 aromatic rings. The Balaban J connectivity index is 0.958. The van der Waals surface area contributed by atoms with Crippen molar-refractivity contribution in [3.8, 4) is 56.7 Å². The second-order valence-corrected chi connectivity index (χ2v) is 13.6. The lowest BCUT2D eigenvalue weighted by atomic mass is 9.91. The first-order chi connectivity index (χ1) is 27.2. The minimum atomic E-state index is -0.115. The zero-order valence-corrected chi connectivity index (χ0v) is 29.3. The third kappa shape index (κ3) is 5.42. The second kappa shape index (κ2) is 12.6. The predicted molar refractivity (Wildman–Crippen MR) is 214 cm³/mol. The van der Waals surface area contributed by atoms with Gasteiger partial charge in [0.1, 0.15) is 22.4 Å². The first kappa shape index (κ1) is 31.1. The lowest BCUT2D eigenvalue weighted by molar-refractivity contribution is 0.442. The van der Waals surface area contributed by atoms with Crippen molar-refractivity contribution in [2.75, 3.05) is 0 Å². The summed E-state index contributed by atoms with van der Waals surface area (Å²) < 4.78 is 19.3. The van der Waals surface area contributed by atoms with E-state index in [2.05, 4.69) is 42.5 Å². The van der Waals surface area contributed by atoms with Gasteiger partial charge in [-0.15, -0.1) is 0 Å². The van der Waals surface area contributed by atoms with Crippen molar-refractivity contribution < 1.29 is 13.3 Å². The van der Waals surface area contributed by atoms with Gasteiger partial charge < -0.3 is 13.3 Å². The van der Waals surface area contributed by atoms with Crippen molar-refractivity contribution in [1.82, 2.24) is 24.9 Å². The van der Waals surface area contributed by atoms with Gasteiger partial charge in [0.05, 0.1) is 5.92 Å². The van der Waals surface area contributed by atoms with E-state index in [4.69, 9.17) is 38.2 Å². The normalized spacial score (nSPS) is 13.9. The SMILES string of the molecule is C1=Cc2c(oc3c(-c4cccc(-c5nc6cc(-c7nc(-c8ccccc8)nc(-c8ccccc8)n7)ccc6o5)c4)cccc23)C(c2nc3ccccc3o2)C1. The number of hydrogen-bond donors (Lipinski definition) is 0. The topological polar surface area (TPSA) is 104 Å². The van der Waals surface area contributed by atoms with Crippen molar-refractivity contribution in [2.24, 2.45) is 0 Å². The smallest absolute Gasteiger partial charge is 0.227 e. The van der Waals surface area contributed by atoms with E-state index < -0.39 is 0 Å². The third-order valence-electron chi connectivity index (χ3n) is 10.1. The molecule has 0 saturated heterocycles. The summed E-state index contributed by atoms with van der Waals surface area (Å²) in [5.41, 5.74) is 10.4. The Morgan fingerprint density at radius 3 is 1.93 bits per heavy atom. The van der Waals surface area contributed by atoms with E-state index in [0.717, 1.165) is 73.2 Å². The van der Waals surface area contributed by atoms with Crippen LogP contribution < -0.4 is 0 Å². The maximum Gasteiger partial charge on any atom is 0.227 e. The lowest BCUT2D eigenvalue weighted by Crippen LogP contribution is -2.03. The van der Waals surface area contributed by atoms with Crippen LogP contribution in [0.1, 0.15) is 29.6 Å². The highest BCUT2D eigenvalue weighted by atomic mass is 16.4. The highest BCUT2D eigenvalue weighted by Gasteiger charge is 2.30. The van der Waals surface area contributed by atoms with E-state index in [0.29, 0.717) is 40.4 Å². The van der Waals surface area contributed by atoms with Gasteiger partial charge in [-0.25, -0.2) is 24.9 Å². The van der Waals surface area contributed by atoms with Crippen LogP contribution in [0.4, 0.5) is 0 Å². The van der Waals surface area contributed by atoms with E-state index in [1.807, 2.05) is 115 Å². The molecule has 260 valence electrons. The Morgan fingerprint density at radius 2 is 1.15 bits per heavy atom. The van der Waals surface area contributed by atoms with Crippen LogP contribution in [-0.4, -0.2) is 24.9 Å². The van der Waals surface area contributed by atoms with Crippen molar-refractivity contribution in [2.45, 2.75) is 12.3 Å². The Labute approximate surface area is 314 Å². The van der Waals surface area contributed by atoms with Gasteiger partial charge in [-0.1, -0.05) is 115 Å². The molecule has 11 rings (SSSR count). The van der Waals surface area contributed by atoms with Gasteiger partial charge in [0.2, 0.25) is 11.8 Å². The summed E-state index contributed by atoms with van der Waals surface area (Å²) >= 11 is 0. The summed E-state index contributed by atoms with van der Waals surface area (Å²) in [6, 6.07) is 48.1. The lowest BCUT2D eigenvalue weighted by Gasteiger charge is -2.13. The molecule has 0 radical (unpaired) electrons. The molecule has 55 heavy (non-hydrogen) atoms. The molecule has 0 aliphatic heterocycles. The quantitative estimate of drug-likeness (QED) is 0.168. The predicted octanol–water partition coefficient (Wildman–Crippen LogP) is 11.8. The van der Waals surface area contributed by atoms with Crippen LogP contribution in [0.3, 0.4) is 0 Å². The molecule has 1 unspecified atom stereocenters. The van der Waals surface area contributed by atoms with Crippen LogP contribution in [0.2, 0.25) is 0 Å². The van der Waals surface area contributed by atoms with E-state index in [1.165, 1.54) is 0 Å². The molecule has 0 fully saturated rings. The Hall–Kier alpha value is -7.45. The molecule has 1 aliphatic rings. The fourth-order valence-electron chi connectivity index (χ4n) is 7.44. The summed E-state index contributed by atoms with van der Waals surface area (Å²) in [5.74, 6) is 3.70. The number of allylic oxidation sites excluding steroid dienone is 1. The Bertz CT molecular complexity index is 3000. The van der Waals surface area contributed by atoms with Crippen LogP contribution in [0, 0.1) is 0 Å². The molecular weight excluding hydrogens is 683 g/mol. The van der Waals surface area contributed by atoms with Crippen LogP contribution in [0.5, 0.6) is 0 Å². The monoisotopic (exact) mass is 711 g/mol. The average Bonchev–Trinajstić information content (AvgIpc) is 3.99. The molecule has 1 aliphatic carbocycles. The van der Waals surface area contributed by atoms with Crippen LogP contribution in [-0.2, 0) is 0 Å². The second-order valence-electron chi connectivity index (χ2n) is 13.6. The average molecular weight is 712 g/mol. The molecular formula is C47H29N5O3. The number of benzene rings is 6. The number of rotatable bonds is 6. The van der Waals surface area contributed by atoms with Gasteiger partial charge in [-0.3, -0.25) is 0 Å². The van der Waals surface area contributed by atoms with Crippen LogP contribution in [0.15, 0.2) is 165 Å². The Morgan fingerprint density at radius 1 is 0.473 bits per heavy atom. The highest BCUT2D eigenvalue weighted by Crippen LogP contribution is 2.44. The van der Waals surface area contributed by atoms with Gasteiger partial charge in [0.15, 0.2) is 28.6 Å². The third-order valence-corrected chi connectivity index (χ3v) is 10.1. The fraction of sp³-hybridized carbons (Fsp3) is 0.0426. The summed E-state index contributed by atoms with van der Waals surface area (Å²) in [4.78, 5) is 24.4. The molecule has 0 spiro atoms. The number of fused-ring (bicyclic) bond motifs is 5. The summed E-state index contributed by atoms with van der Waals surface area (Å²) in [6.45, 7) is 0. The van der Waals surface area contributed by atoms with Crippen molar-refractivity contribution in [3.63, 3.8) is 0 Å². The van der Waals surface area contributed by atoms with Crippen molar-refractivity contribution in [1.29, 1.82) is 0 Å². The first-order valence-electron chi connectivity index (χ1n) is 18.2. The molecule has 0 bridgehead atoms. The van der Waals surface area contributed by atoms with Crippen molar-refractivity contribution >= 4 is 39.2 Å². The van der Waals surface area contributed by atoms with E-state index in [1.54, 1.807) is 0 Å². The van der Waals surface area contributed by atoms with Gasteiger partial charge >= 0.3 is 0 Å². The number of hydrogen-bond acceptors (Lipinski definition) is 8. The summed E-state index contributed by atoms with van der Waals surface area (Å²) in [5, 5.41) is 1.05. The maximum absolute atomic E-state index is 6.75. The molecule has 4 aromatic heterocycles. The van der Waals surface area contributed by atoms with Gasteiger partial charge in [-0.2, -0.15) is 0 Å². The molecule has 6 aromatic carbocycles. The molecule has 1 atom stereocenters. The summed E-state index contributed by atoms with van der Waals surface area (Å²) in [6.07, 6.45) is 5.07. The zero-order chi connectivity index (χ0) is 36.3. The van der Waals surface area contributed by atoms with Crippen LogP contribution in [0.25, 0.3) is 96.0 Å². The van der Waals surface area contributed by atoms with E-state index in [-0.39, 0.29) is 5.92 Å². The zero-order valence-electron chi connectivity index (χ0n) is 29.3. The number of oxazole rings is 2. The standard InChI is InChI=1S/C47H29N5O3/c1-3-12-28(13-4-1)43-50-44(29-14-5-2-6-15-29)52-45(51-43)31-24-25-40-38(27-31)49-46(53-40)32-17-9-16-30(26-32)33-18-10-19-34-35-20-11-21-36(42(35)55-41(33)34)47-48-37-22-7-8-23-39(37)54-47/h1-20,22-27,36H,21H2. The summed E-state index contributed by atoms with van der Waals surface area (Å²) in [7, 11) is 0. The first-order valence-corrected chi connectivity index (χ1v) is 18.2. The number of aromatic nitrogens is 5. The van der Waals surface area contributed by atoms with E-state index >= 15 is 0 Å². The van der Waals surface area contributed by atoms with Gasteiger partial charge in [-0.05, 0) is 54.4 Å². The van der Waals surface area contributed by atoms with Gasteiger partial charge in [0, 0.05) is 38.8 Å². The van der Waals surface area contributed by atoms with Crippen molar-refractivity contribution in [3.05, 3.63) is 169 Å².